The number of benzene rings is 2. The van der Waals surface area contributed by atoms with Gasteiger partial charge in [-0.15, -0.1) is 0 Å². The lowest BCUT2D eigenvalue weighted by Gasteiger charge is -2.18. The van der Waals surface area contributed by atoms with Crippen molar-refractivity contribution in [3.63, 3.8) is 0 Å². The number of carboxylic acids is 1. The van der Waals surface area contributed by atoms with Gasteiger partial charge in [0.15, 0.2) is 0 Å². The molecular weight excluding hydrogens is 388 g/mol. The van der Waals surface area contributed by atoms with Crippen LogP contribution in [-0.2, 0) is 14.3 Å². The first kappa shape index (κ1) is 21.3. The smallest absolute Gasteiger partial charge is 0.407 e. The van der Waals surface area contributed by atoms with Crippen LogP contribution in [0.2, 0.25) is 0 Å². The summed E-state index contributed by atoms with van der Waals surface area (Å²) in [6.45, 7) is 1.05. The number of fused-ring (bicyclic) bond motifs is 3. The SMILES string of the molecule is C[C@@H](CC(=O)N[C@H](CO)C(=O)O)NC(=O)OCC1c2ccccc2-c2ccccc21. The number of hydrogen-bond acceptors (Lipinski definition) is 5. The first-order valence-electron chi connectivity index (χ1n) is 9.65. The van der Waals surface area contributed by atoms with Crippen LogP contribution >= 0.6 is 0 Å². The quantitative estimate of drug-likeness (QED) is 0.525. The Labute approximate surface area is 173 Å². The van der Waals surface area contributed by atoms with Crippen molar-refractivity contribution in [2.75, 3.05) is 13.2 Å². The molecule has 8 heteroatoms. The molecule has 0 saturated carbocycles. The molecule has 4 N–H and O–H groups in total. The van der Waals surface area contributed by atoms with Gasteiger partial charge in [0.05, 0.1) is 6.61 Å². The van der Waals surface area contributed by atoms with Gasteiger partial charge in [-0.3, -0.25) is 4.79 Å². The number of hydrogen-bond donors (Lipinski definition) is 4. The Morgan fingerprint density at radius 3 is 2.10 bits per heavy atom. The molecule has 1 aliphatic carbocycles. The number of carboxylic acid groups (broad SMARTS) is 1. The van der Waals surface area contributed by atoms with Gasteiger partial charge in [-0.1, -0.05) is 48.5 Å². The number of alkyl carbamates (subject to hydrolysis) is 1. The van der Waals surface area contributed by atoms with Gasteiger partial charge in [0, 0.05) is 18.4 Å². The van der Waals surface area contributed by atoms with E-state index in [1.807, 2.05) is 48.5 Å². The summed E-state index contributed by atoms with van der Waals surface area (Å²) in [6.07, 6.45) is -0.803. The zero-order chi connectivity index (χ0) is 21.7. The van der Waals surface area contributed by atoms with Gasteiger partial charge in [0.1, 0.15) is 12.6 Å². The summed E-state index contributed by atoms with van der Waals surface area (Å²) in [6, 6.07) is 14.0. The van der Waals surface area contributed by atoms with Crippen LogP contribution in [0.3, 0.4) is 0 Å². The van der Waals surface area contributed by atoms with Crippen molar-refractivity contribution >= 4 is 18.0 Å². The van der Waals surface area contributed by atoms with Crippen LogP contribution in [-0.4, -0.2) is 53.5 Å². The van der Waals surface area contributed by atoms with Crippen LogP contribution in [0.1, 0.15) is 30.4 Å². The van der Waals surface area contributed by atoms with Crippen LogP contribution < -0.4 is 10.6 Å². The van der Waals surface area contributed by atoms with Crippen LogP contribution in [0.4, 0.5) is 4.79 Å². The van der Waals surface area contributed by atoms with Gasteiger partial charge < -0.3 is 25.6 Å². The van der Waals surface area contributed by atoms with E-state index in [1.54, 1.807) is 6.92 Å². The fraction of sp³-hybridized carbons (Fsp3) is 0.318. The van der Waals surface area contributed by atoms with Gasteiger partial charge >= 0.3 is 12.1 Å². The van der Waals surface area contributed by atoms with E-state index in [9.17, 15) is 14.4 Å². The molecule has 0 spiro atoms. The number of aliphatic hydroxyl groups excluding tert-OH is 1. The first-order chi connectivity index (χ1) is 14.4. The Morgan fingerprint density at radius 2 is 1.57 bits per heavy atom. The largest absolute Gasteiger partial charge is 0.480 e. The molecule has 0 fully saturated rings. The maximum atomic E-state index is 12.2. The number of amides is 2. The van der Waals surface area contributed by atoms with Crippen LogP contribution in [0.5, 0.6) is 0 Å². The van der Waals surface area contributed by atoms with E-state index in [4.69, 9.17) is 14.9 Å². The maximum Gasteiger partial charge on any atom is 0.407 e. The predicted octanol–water partition coefficient (Wildman–Crippen LogP) is 1.87. The highest BCUT2D eigenvalue weighted by atomic mass is 16.5. The summed E-state index contributed by atoms with van der Waals surface area (Å²) in [7, 11) is 0. The molecule has 2 aromatic carbocycles. The molecule has 0 heterocycles. The zero-order valence-corrected chi connectivity index (χ0v) is 16.5. The van der Waals surface area contributed by atoms with Gasteiger partial charge in [-0.25, -0.2) is 9.59 Å². The Morgan fingerprint density at radius 1 is 1.00 bits per heavy atom. The molecule has 2 aromatic rings. The van der Waals surface area contributed by atoms with E-state index in [-0.39, 0.29) is 18.9 Å². The number of ether oxygens (including phenoxy) is 1. The average molecular weight is 412 g/mol. The van der Waals surface area contributed by atoms with E-state index >= 15 is 0 Å². The second-order valence-electron chi connectivity index (χ2n) is 7.22. The van der Waals surface area contributed by atoms with Crippen molar-refractivity contribution in [3.8, 4) is 11.1 Å². The molecule has 0 aliphatic heterocycles. The molecule has 0 unspecified atom stereocenters. The Kier molecular flexibility index (Phi) is 6.68. The van der Waals surface area contributed by atoms with Crippen molar-refractivity contribution in [2.24, 2.45) is 0 Å². The lowest BCUT2D eigenvalue weighted by molar-refractivity contribution is -0.143. The number of nitrogens with one attached hydrogen (secondary N) is 2. The molecule has 2 atom stereocenters. The molecule has 158 valence electrons. The zero-order valence-electron chi connectivity index (χ0n) is 16.5. The molecule has 0 aromatic heterocycles. The van der Waals surface area contributed by atoms with Crippen molar-refractivity contribution in [2.45, 2.75) is 31.3 Å². The minimum atomic E-state index is -1.38. The van der Waals surface area contributed by atoms with Crippen LogP contribution in [0.15, 0.2) is 48.5 Å². The summed E-state index contributed by atoms with van der Waals surface area (Å²) in [5.41, 5.74) is 4.46. The topological polar surface area (TPSA) is 125 Å². The molecule has 0 radical (unpaired) electrons. The fourth-order valence-electron chi connectivity index (χ4n) is 3.61. The molecule has 1 aliphatic rings. The highest BCUT2D eigenvalue weighted by molar-refractivity contribution is 5.84. The van der Waals surface area contributed by atoms with Crippen molar-refractivity contribution in [1.82, 2.24) is 10.6 Å². The number of carbonyl (C=O) groups is 3. The lowest BCUT2D eigenvalue weighted by Crippen LogP contribution is -2.45. The molecule has 3 rings (SSSR count). The minimum Gasteiger partial charge on any atom is -0.480 e. The Balaban J connectivity index is 1.54. The van der Waals surface area contributed by atoms with Gasteiger partial charge in [-0.2, -0.15) is 0 Å². The fourth-order valence-corrected chi connectivity index (χ4v) is 3.61. The Bertz CT molecular complexity index is 899. The van der Waals surface area contributed by atoms with Crippen molar-refractivity contribution in [1.29, 1.82) is 0 Å². The second-order valence-corrected chi connectivity index (χ2v) is 7.22. The van der Waals surface area contributed by atoms with Gasteiger partial charge in [0.2, 0.25) is 5.91 Å². The summed E-state index contributed by atoms with van der Waals surface area (Å²) in [5, 5.41) is 22.6. The molecule has 2 amide bonds. The standard InChI is InChI=1S/C22H24N2O6/c1-13(10-20(26)24-19(11-25)21(27)28)23-22(29)30-12-18-16-8-4-2-6-14(16)15-7-3-5-9-17(15)18/h2-9,13,18-19,25H,10-12H2,1H3,(H,23,29)(H,24,26)(H,27,28)/t13-,19+/m0/s1. The van der Waals surface area contributed by atoms with Crippen LogP contribution in [0.25, 0.3) is 11.1 Å². The van der Waals surface area contributed by atoms with Crippen molar-refractivity contribution < 1.29 is 29.3 Å². The third-order valence-electron chi connectivity index (χ3n) is 5.02. The molecular formula is C22H24N2O6. The summed E-state index contributed by atoms with van der Waals surface area (Å²) in [4.78, 5) is 34.9. The number of aliphatic hydroxyl groups is 1. The van der Waals surface area contributed by atoms with E-state index < -0.39 is 36.7 Å². The van der Waals surface area contributed by atoms with Crippen molar-refractivity contribution in [3.05, 3.63) is 59.7 Å². The highest BCUT2D eigenvalue weighted by Gasteiger charge is 2.29. The third-order valence-corrected chi connectivity index (χ3v) is 5.02. The number of carbonyl (C=O) groups excluding carboxylic acids is 2. The average Bonchev–Trinajstić information content (AvgIpc) is 3.04. The minimum absolute atomic E-state index is 0.0670. The molecule has 8 nitrogen and oxygen atoms in total. The van der Waals surface area contributed by atoms with Gasteiger partial charge in [-0.05, 0) is 29.2 Å². The maximum absolute atomic E-state index is 12.2. The highest BCUT2D eigenvalue weighted by Crippen LogP contribution is 2.44. The van der Waals surface area contributed by atoms with E-state index in [0.29, 0.717) is 0 Å². The Hall–Kier alpha value is -3.39. The first-order valence-corrected chi connectivity index (χ1v) is 9.65. The summed E-state index contributed by atoms with van der Waals surface area (Å²) >= 11 is 0. The van der Waals surface area contributed by atoms with Gasteiger partial charge in [0.25, 0.3) is 0 Å². The molecule has 30 heavy (non-hydrogen) atoms. The predicted molar refractivity (Wildman–Crippen MR) is 109 cm³/mol. The lowest BCUT2D eigenvalue weighted by atomic mass is 9.98. The molecule has 0 saturated heterocycles. The molecule has 0 bridgehead atoms. The van der Waals surface area contributed by atoms with Crippen LogP contribution in [0, 0.1) is 0 Å². The number of aliphatic carboxylic acids is 1. The second kappa shape index (κ2) is 9.41. The van der Waals surface area contributed by atoms with E-state index in [0.717, 1.165) is 22.3 Å². The number of rotatable bonds is 8. The van der Waals surface area contributed by atoms with E-state index in [2.05, 4.69) is 10.6 Å². The van der Waals surface area contributed by atoms with E-state index in [1.165, 1.54) is 0 Å². The third kappa shape index (κ3) is 4.77. The summed E-state index contributed by atoms with van der Waals surface area (Å²) < 4.78 is 5.42. The summed E-state index contributed by atoms with van der Waals surface area (Å²) in [5.74, 6) is -1.99. The normalized spacial score (nSPS) is 14.2. The monoisotopic (exact) mass is 412 g/mol.